The molecule has 0 saturated heterocycles. The molecule has 0 bridgehead atoms. The molecule has 0 heterocycles. The Bertz CT molecular complexity index is 611. The zero-order valence-electron chi connectivity index (χ0n) is 14.0. The molecule has 0 aliphatic rings. The molecule has 122 valence electrons. The van der Waals surface area contributed by atoms with Gasteiger partial charge in [-0.1, -0.05) is 42.5 Å². The highest BCUT2D eigenvalue weighted by Crippen LogP contribution is 2.22. The lowest BCUT2D eigenvalue weighted by molar-refractivity contribution is -0.136. The van der Waals surface area contributed by atoms with Gasteiger partial charge in [0.15, 0.2) is 6.10 Å². The third kappa shape index (κ3) is 4.83. The number of amides is 1. The van der Waals surface area contributed by atoms with Gasteiger partial charge in [0.05, 0.1) is 0 Å². The summed E-state index contributed by atoms with van der Waals surface area (Å²) < 4.78 is 5.76. The van der Waals surface area contributed by atoms with E-state index in [0.29, 0.717) is 12.3 Å². The number of carbonyl (C=O) groups excluding carboxylic acids is 1. The first-order chi connectivity index (χ1) is 11.1. The summed E-state index contributed by atoms with van der Waals surface area (Å²) in [6.07, 6.45) is -0.501. The summed E-state index contributed by atoms with van der Waals surface area (Å²) in [5.41, 5.74) is 2.29. The number of carbonyl (C=O) groups is 1. The Morgan fingerprint density at radius 2 is 1.70 bits per heavy atom. The van der Waals surface area contributed by atoms with E-state index < -0.39 is 6.10 Å². The normalized spacial score (nSPS) is 11.8. The predicted molar refractivity (Wildman–Crippen MR) is 93.5 cm³/mol. The summed E-state index contributed by atoms with van der Waals surface area (Å²) >= 11 is 0. The van der Waals surface area contributed by atoms with Crippen LogP contribution in [-0.2, 0) is 4.79 Å². The number of hydrogen-bond acceptors (Lipinski definition) is 3. The lowest BCUT2D eigenvalue weighted by Crippen LogP contribution is -2.40. The van der Waals surface area contributed by atoms with Crippen molar-refractivity contribution >= 4 is 5.91 Å². The average Bonchev–Trinajstić information content (AvgIpc) is 2.60. The summed E-state index contributed by atoms with van der Waals surface area (Å²) in [5, 5.41) is 3.03. The van der Waals surface area contributed by atoms with Crippen LogP contribution in [0.15, 0.2) is 54.6 Å². The van der Waals surface area contributed by atoms with Gasteiger partial charge >= 0.3 is 0 Å². The Balaban J connectivity index is 1.96. The summed E-state index contributed by atoms with van der Waals surface area (Å²) in [4.78, 5) is 13.9. The van der Waals surface area contributed by atoms with Crippen LogP contribution in [0.1, 0.15) is 6.92 Å². The Morgan fingerprint density at radius 3 is 2.30 bits per heavy atom. The molecule has 0 aromatic heterocycles. The number of likely N-dealkylation sites (N-methyl/N-ethyl adjacent to an activating group) is 2. The number of rotatable bonds is 7. The molecular weight excluding hydrogens is 288 g/mol. The smallest absolute Gasteiger partial charge is 0.263 e. The van der Waals surface area contributed by atoms with E-state index in [4.69, 9.17) is 4.74 Å². The van der Waals surface area contributed by atoms with Gasteiger partial charge < -0.3 is 15.0 Å². The molecule has 2 rings (SSSR count). The van der Waals surface area contributed by atoms with Gasteiger partial charge in [-0.05, 0) is 37.2 Å². The molecule has 1 unspecified atom stereocenters. The van der Waals surface area contributed by atoms with Gasteiger partial charge in [0.1, 0.15) is 5.75 Å². The van der Waals surface area contributed by atoms with Crippen LogP contribution < -0.4 is 10.1 Å². The second-order valence-corrected chi connectivity index (χ2v) is 5.51. The molecule has 0 aliphatic heterocycles. The largest absolute Gasteiger partial charge is 0.481 e. The van der Waals surface area contributed by atoms with Gasteiger partial charge in [0.25, 0.3) is 5.91 Å². The van der Waals surface area contributed by atoms with E-state index in [2.05, 4.69) is 17.4 Å². The van der Waals surface area contributed by atoms with Crippen LogP contribution in [0.5, 0.6) is 5.75 Å². The monoisotopic (exact) mass is 312 g/mol. The van der Waals surface area contributed by atoms with Gasteiger partial charge in [-0.25, -0.2) is 0 Å². The van der Waals surface area contributed by atoms with Crippen molar-refractivity contribution in [3.8, 4) is 16.9 Å². The van der Waals surface area contributed by atoms with E-state index >= 15 is 0 Å². The van der Waals surface area contributed by atoms with Crippen molar-refractivity contribution in [2.45, 2.75) is 13.0 Å². The first kappa shape index (κ1) is 17.0. The van der Waals surface area contributed by atoms with E-state index in [1.807, 2.05) is 49.5 Å². The fraction of sp³-hybridized carbons (Fsp3) is 0.316. The maximum atomic E-state index is 12.2. The fourth-order valence-corrected chi connectivity index (χ4v) is 2.31. The molecule has 23 heavy (non-hydrogen) atoms. The summed E-state index contributed by atoms with van der Waals surface area (Å²) in [7, 11) is 3.66. The molecule has 4 nitrogen and oxygen atoms in total. The molecule has 2 aromatic rings. The van der Waals surface area contributed by atoms with Crippen molar-refractivity contribution in [2.24, 2.45) is 0 Å². The molecule has 1 amide bonds. The third-order valence-electron chi connectivity index (χ3n) is 3.70. The maximum absolute atomic E-state index is 12.2. The molecule has 0 aliphatic carbocycles. The summed E-state index contributed by atoms with van der Waals surface area (Å²) in [6.45, 7) is 3.21. The van der Waals surface area contributed by atoms with Gasteiger partial charge in [-0.15, -0.1) is 0 Å². The van der Waals surface area contributed by atoms with E-state index in [1.165, 1.54) is 0 Å². The van der Waals surface area contributed by atoms with E-state index in [0.717, 1.165) is 17.7 Å². The van der Waals surface area contributed by atoms with Crippen LogP contribution in [0.4, 0.5) is 0 Å². The van der Waals surface area contributed by atoms with Crippen molar-refractivity contribution in [1.82, 2.24) is 10.2 Å². The Hall–Kier alpha value is -2.33. The number of ether oxygens (including phenoxy) is 1. The number of nitrogens with one attached hydrogen (secondary N) is 1. The Morgan fingerprint density at radius 1 is 1.09 bits per heavy atom. The molecule has 2 aromatic carbocycles. The second kappa shape index (κ2) is 8.34. The van der Waals surface area contributed by atoms with E-state index in [1.54, 1.807) is 18.9 Å². The lowest BCUT2D eigenvalue weighted by atomic mass is 10.1. The minimum atomic E-state index is -0.501. The highest BCUT2D eigenvalue weighted by Gasteiger charge is 2.18. The quantitative estimate of drug-likeness (QED) is 0.855. The predicted octanol–water partition coefficient (Wildman–Crippen LogP) is 2.80. The Kier molecular flexibility index (Phi) is 6.18. The average molecular weight is 312 g/mol. The van der Waals surface area contributed by atoms with E-state index in [-0.39, 0.29) is 5.91 Å². The van der Waals surface area contributed by atoms with Gasteiger partial charge in [0, 0.05) is 20.1 Å². The Labute approximate surface area is 138 Å². The summed E-state index contributed by atoms with van der Waals surface area (Å²) in [5.74, 6) is 0.680. The van der Waals surface area contributed by atoms with Crippen molar-refractivity contribution in [2.75, 3.05) is 27.2 Å². The molecular formula is C19H24N2O2. The van der Waals surface area contributed by atoms with Crippen molar-refractivity contribution in [3.05, 3.63) is 54.6 Å². The fourth-order valence-electron chi connectivity index (χ4n) is 2.31. The SMILES string of the molecule is CNCCN(C)C(=O)C(C)Oc1ccc(-c2ccccc2)cc1. The molecule has 0 fully saturated rings. The number of benzene rings is 2. The molecule has 0 spiro atoms. The summed E-state index contributed by atoms with van der Waals surface area (Å²) in [6, 6.07) is 18.0. The molecule has 0 saturated carbocycles. The van der Waals surface area contributed by atoms with Crippen LogP contribution >= 0.6 is 0 Å². The van der Waals surface area contributed by atoms with Crippen molar-refractivity contribution < 1.29 is 9.53 Å². The topological polar surface area (TPSA) is 41.6 Å². The minimum absolute atomic E-state index is 0.0209. The van der Waals surface area contributed by atoms with Crippen LogP contribution in [-0.4, -0.2) is 44.1 Å². The number of nitrogens with zero attached hydrogens (tertiary/aromatic N) is 1. The standard InChI is InChI=1S/C19H24N2O2/c1-15(19(22)21(3)14-13-20-2)23-18-11-9-17(10-12-18)16-7-5-4-6-8-16/h4-12,15,20H,13-14H2,1-3H3. The zero-order chi connectivity index (χ0) is 16.7. The van der Waals surface area contributed by atoms with Crippen molar-refractivity contribution in [3.63, 3.8) is 0 Å². The first-order valence-corrected chi connectivity index (χ1v) is 7.83. The maximum Gasteiger partial charge on any atom is 0.263 e. The highest BCUT2D eigenvalue weighted by molar-refractivity contribution is 5.80. The van der Waals surface area contributed by atoms with Crippen LogP contribution in [0.2, 0.25) is 0 Å². The second-order valence-electron chi connectivity index (χ2n) is 5.51. The van der Waals surface area contributed by atoms with Gasteiger partial charge in [0.2, 0.25) is 0 Å². The van der Waals surface area contributed by atoms with Gasteiger partial charge in [-0.3, -0.25) is 4.79 Å². The molecule has 1 atom stereocenters. The van der Waals surface area contributed by atoms with Gasteiger partial charge in [-0.2, -0.15) is 0 Å². The third-order valence-corrected chi connectivity index (χ3v) is 3.70. The molecule has 4 heteroatoms. The molecule has 0 radical (unpaired) electrons. The van der Waals surface area contributed by atoms with Crippen molar-refractivity contribution in [1.29, 1.82) is 0 Å². The van der Waals surface area contributed by atoms with Crippen LogP contribution in [0.25, 0.3) is 11.1 Å². The van der Waals surface area contributed by atoms with Crippen LogP contribution in [0, 0.1) is 0 Å². The lowest BCUT2D eigenvalue weighted by Gasteiger charge is -2.22. The van der Waals surface area contributed by atoms with E-state index in [9.17, 15) is 4.79 Å². The highest BCUT2D eigenvalue weighted by atomic mass is 16.5. The van der Waals surface area contributed by atoms with Crippen LogP contribution in [0.3, 0.4) is 0 Å². The molecule has 1 N–H and O–H groups in total. The first-order valence-electron chi connectivity index (χ1n) is 7.83. The number of hydrogen-bond donors (Lipinski definition) is 1. The zero-order valence-corrected chi connectivity index (χ0v) is 14.0. The minimum Gasteiger partial charge on any atom is -0.481 e.